The van der Waals surface area contributed by atoms with E-state index in [2.05, 4.69) is 20.8 Å². The zero-order chi connectivity index (χ0) is 39.5. The topological polar surface area (TPSA) is 116 Å². The Kier molecular flexibility index (Phi) is 31.5. The van der Waals surface area contributed by atoms with Crippen LogP contribution in [-0.4, -0.2) is 29.0 Å². The highest BCUT2D eigenvalue weighted by atomic mass is 16.6. The summed E-state index contributed by atoms with van der Waals surface area (Å²) in [6.45, 7) is 6.65. The van der Waals surface area contributed by atoms with Gasteiger partial charge in [-0.2, -0.15) is 0 Å². The molecule has 0 aliphatic rings. The lowest BCUT2D eigenvalue weighted by atomic mass is 10.1. The summed E-state index contributed by atoms with van der Waals surface area (Å²) < 4.78 is 17.0. The van der Waals surface area contributed by atoms with Crippen LogP contribution in [0.15, 0.2) is 12.1 Å². The molecule has 310 valence electrons. The number of carbonyl (C=O) groups is 4. The number of unbranched alkanes of at least 4 members (excludes halogenated alkanes) is 27. The highest BCUT2D eigenvalue weighted by Gasteiger charge is 2.24. The first kappa shape index (κ1) is 49.1. The lowest BCUT2D eigenvalue weighted by molar-refractivity contribution is -0.138. The van der Waals surface area contributed by atoms with E-state index in [4.69, 9.17) is 14.2 Å². The molecule has 0 spiro atoms. The van der Waals surface area contributed by atoms with Gasteiger partial charge in [-0.15, -0.1) is 0 Å². The summed E-state index contributed by atoms with van der Waals surface area (Å²) in [7, 11) is 0. The highest BCUT2D eigenvalue weighted by Crippen LogP contribution is 2.40. The molecule has 0 radical (unpaired) electrons. The van der Waals surface area contributed by atoms with E-state index in [1.165, 1.54) is 128 Å². The van der Waals surface area contributed by atoms with Gasteiger partial charge in [0.05, 0.1) is 5.56 Å². The Morgan fingerprint density at radius 3 is 0.889 bits per heavy atom. The summed E-state index contributed by atoms with van der Waals surface area (Å²) in [4.78, 5) is 51.1. The molecule has 1 N–H and O–H groups in total. The number of carbonyl (C=O) groups excluding carboxylic acids is 3. The number of carboxylic acid groups (broad SMARTS) is 1. The summed E-state index contributed by atoms with van der Waals surface area (Å²) in [5, 5.41) is 9.85. The molecule has 0 aromatic heterocycles. The molecule has 0 unspecified atom stereocenters. The normalized spacial score (nSPS) is 11.1. The average Bonchev–Trinajstić information content (AvgIpc) is 3.15. The van der Waals surface area contributed by atoms with Gasteiger partial charge in [0.15, 0.2) is 11.5 Å². The minimum atomic E-state index is -1.28. The number of carboxylic acids is 1. The van der Waals surface area contributed by atoms with Crippen LogP contribution in [0.4, 0.5) is 0 Å². The van der Waals surface area contributed by atoms with Crippen LogP contribution < -0.4 is 14.2 Å². The van der Waals surface area contributed by atoms with Crippen LogP contribution in [0.5, 0.6) is 17.2 Å². The Balaban J connectivity index is 2.82. The van der Waals surface area contributed by atoms with Crippen molar-refractivity contribution in [3.05, 3.63) is 17.7 Å². The molecule has 0 atom stereocenters. The Bertz CT molecular complexity index is 1070. The van der Waals surface area contributed by atoms with Gasteiger partial charge in [-0.1, -0.05) is 194 Å². The SMILES string of the molecule is CCCCCCCCCCCCC(=O)Oc1cc(C(=O)O)cc(OC(=O)CCCCCCCCCCCC)c1OC(=O)CCCCCCCCCCCC. The fourth-order valence-electron chi connectivity index (χ4n) is 6.73. The molecule has 54 heavy (non-hydrogen) atoms. The Labute approximate surface area is 329 Å². The first-order chi connectivity index (χ1) is 26.3. The van der Waals surface area contributed by atoms with Crippen LogP contribution >= 0.6 is 0 Å². The summed E-state index contributed by atoms with van der Waals surface area (Å²) in [5.41, 5.74) is -0.229. The third-order valence-corrected chi connectivity index (χ3v) is 10.1. The molecule has 8 heteroatoms. The van der Waals surface area contributed by atoms with E-state index in [1.807, 2.05) is 0 Å². The molecule has 0 fully saturated rings. The second-order valence-electron chi connectivity index (χ2n) is 15.3. The van der Waals surface area contributed by atoms with Gasteiger partial charge in [0.2, 0.25) is 5.75 Å². The van der Waals surface area contributed by atoms with Crippen LogP contribution in [0.2, 0.25) is 0 Å². The quantitative estimate of drug-likeness (QED) is 0.0405. The number of ether oxygens (including phenoxy) is 3. The zero-order valence-electron chi connectivity index (χ0n) is 34.8. The van der Waals surface area contributed by atoms with E-state index < -0.39 is 23.9 Å². The number of aromatic carboxylic acids is 1. The first-order valence-electron chi connectivity index (χ1n) is 22.4. The Hall–Kier alpha value is -2.90. The third kappa shape index (κ3) is 26.8. The molecular weight excluding hydrogens is 680 g/mol. The van der Waals surface area contributed by atoms with Gasteiger partial charge in [0, 0.05) is 19.3 Å². The number of hydrogen-bond acceptors (Lipinski definition) is 7. The summed E-state index contributed by atoms with van der Waals surface area (Å²) in [5.74, 6) is -3.58. The van der Waals surface area contributed by atoms with Gasteiger partial charge < -0.3 is 19.3 Å². The van der Waals surface area contributed by atoms with E-state index in [-0.39, 0.29) is 42.1 Å². The van der Waals surface area contributed by atoms with Crippen molar-refractivity contribution in [2.75, 3.05) is 0 Å². The fraction of sp³-hybridized carbons (Fsp3) is 0.783. The van der Waals surface area contributed by atoms with E-state index in [0.29, 0.717) is 19.3 Å². The maximum atomic E-state index is 13.1. The lowest BCUT2D eigenvalue weighted by Gasteiger charge is -2.16. The number of rotatable bonds is 37. The summed E-state index contributed by atoms with van der Waals surface area (Å²) >= 11 is 0. The van der Waals surface area contributed by atoms with Crippen molar-refractivity contribution in [1.82, 2.24) is 0 Å². The van der Waals surface area contributed by atoms with Crippen molar-refractivity contribution in [3.8, 4) is 17.2 Å². The maximum Gasteiger partial charge on any atom is 0.335 e. The largest absolute Gasteiger partial charge is 0.478 e. The van der Waals surface area contributed by atoms with Crippen LogP contribution in [0.1, 0.15) is 243 Å². The van der Waals surface area contributed by atoms with Crippen LogP contribution in [0, 0.1) is 0 Å². The highest BCUT2D eigenvalue weighted by molar-refractivity contribution is 5.91. The molecule has 8 nitrogen and oxygen atoms in total. The van der Waals surface area contributed by atoms with Crippen molar-refractivity contribution >= 4 is 23.9 Å². The molecule has 0 aliphatic carbocycles. The molecule has 0 saturated carbocycles. The Morgan fingerprint density at radius 2 is 0.630 bits per heavy atom. The van der Waals surface area contributed by atoms with Gasteiger partial charge in [-0.3, -0.25) is 14.4 Å². The third-order valence-electron chi connectivity index (χ3n) is 10.1. The standard InChI is InChI=1S/C46H78O8/c1-4-7-10-13-16-19-22-25-28-31-34-42(47)52-40-37-39(46(50)51)38-41(53-43(48)35-32-29-26-23-20-17-14-11-8-5-2)45(40)54-44(49)36-33-30-27-24-21-18-15-12-9-6-3/h37-38H,4-36H2,1-3H3,(H,50,51). The van der Waals surface area contributed by atoms with E-state index in [9.17, 15) is 24.3 Å². The first-order valence-corrected chi connectivity index (χ1v) is 22.4. The van der Waals surface area contributed by atoms with Crippen LogP contribution in [-0.2, 0) is 14.4 Å². The number of benzene rings is 1. The maximum absolute atomic E-state index is 13.1. The summed E-state index contributed by atoms with van der Waals surface area (Å²) in [6.07, 6.45) is 34.2. The number of hydrogen-bond donors (Lipinski definition) is 1. The van der Waals surface area contributed by atoms with E-state index in [0.717, 1.165) is 57.8 Å². The minimum Gasteiger partial charge on any atom is -0.478 e. The van der Waals surface area contributed by atoms with Crippen molar-refractivity contribution in [3.63, 3.8) is 0 Å². The molecule has 0 amide bonds. The molecule has 0 aliphatic heterocycles. The molecule has 0 heterocycles. The van der Waals surface area contributed by atoms with E-state index in [1.54, 1.807) is 0 Å². The van der Waals surface area contributed by atoms with Crippen molar-refractivity contribution in [1.29, 1.82) is 0 Å². The van der Waals surface area contributed by atoms with Crippen molar-refractivity contribution in [2.24, 2.45) is 0 Å². The second kappa shape index (κ2) is 34.6. The monoisotopic (exact) mass is 759 g/mol. The van der Waals surface area contributed by atoms with Crippen LogP contribution in [0.25, 0.3) is 0 Å². The predicted molar refractivity (Wildman–Crippen MR) is 220 cm³/mol. The van der Waals surface area contributed by atoms with Gasteiger partial charge in [-0.05, 0) is 31.4 Å². The van der Waals surface area contributed by atoms with Gasteiger partial charge in [0.25, 0.3) is 0 Å². The molecule has 1 aromatic carbocycles. The molecule has 1 rings (SSSR count). The number of esters is 3. The van der Waals surface area contributed by atoms with Gasteiger partial charge in [-0.25, -0.2) is 4.79 Å². The van der Waals surface area contributed by atoms with Gasteiger partial charge >= 0.3 is 23.9 Å². The minimum absolute atomic E-state index is 0.146. The molecular formula is C46H78O8. The van der Waals surface area contributed by atoms with Crippen LogP contribution in [0.3, 0.4) is 0 Å². The van der Waals surface area contributed by atoms with Crippen molar-refractivity contribution < 1.29 is 38.5 Å². The average molecular weight is 759 g/mol. The fourth-order valence-corrected chi connectivity index (χ4v) is 6.73. The van der Waals surface area contributed by atoms with E-state index >= 15 is 0 Å². The predicted octanol–water partition coefficient (Wildman–Crippen LogP) is 14.0. The Morgan fingerprint density at radius 1 is 0.389 bits per heavy atom. The molecule has 1 aromatic rings. The molecule has 0 bridgehead atoms. The van der Waals surface area contributed by atoms with Crippen molar-refractivity contribution in [2.45, 2.75) is 233 Å². The zero-order valence-corrected chi connectivity index (χ0v) is 34.8. The summed E-state index contributed by atoms with van der Waals surface area (Å²) in [6, 6.07) is 2.34. The lowest BCUT2D eigenvalue weighted by Crippen LogP contribution is -2.16. The second-order valence-corrected chi connectivity index (χ2v) is 15.3. The smallest absolute Gasteiger partial charge is 0.335 e. The van der Waals surface area contributed by atoms with Gasteiger partial charge in [0.1, 0.15) is 0 Å². The molecule has 0 saturated heterocycles.